The van der Waals surface area contributed by atoms with E-state index in [4.69, 9.17) is 4.74 Å². The molecule has 1 aromatic heterocycles. The van der Waals surface area contributed by atoms with Crippen LogP contribution in [0.15, 0.2) is 23.0 Å². The monoisotopic (exact) mass is 360 g/mol. The first-order valence-corrected chi connectivity index (χ1v) is 5.97. The van der Waals surface area contributed by atoms with Crippen LogP contribution < -0.4 is 10.3 Å². The third kappa shape index (κ3) is 2.26. The first-order valence-electron chi connectivity index (χ1n) is 4.89. The van der Waals surface area contributed by atoms with Crippen LogP contribution in [-0.2, 0) is 0 Å². The smallest absolute Gasteiger partial charge is 0.268 e. The number of nitrogens with zero attached hydrogens (tertiary/aromatic N) is 1. The highest BCUT2D eigenvalue weighted by atomic mass is 127. The molecular weight excluding hydrogens is 351 g/mol. The number of aromatic hydroxyl groups is 2. The predicted molar refractivity (Wildman–Crippen MR) is 72.9 cm³/mol. The normalized spacial score (nSPS) is 10.3. The maximum absolute atomic E-state index is 11.5. The lowest BCUT2D eigenvalue weighted by molar-refractivity contribution is 0.373. The van der Waals surface area contributed by atoms with Crippen LogP contribution >= 0.6 is 22.6 Å². The molecule has 0 saturated heterocycles. The van der Waals surface area contributed by atoms with Crippen molar-refractivity contribution in [2.24, 2.45) is 0 Å². The minimum Gasteiger partial charge on any atom is -0.504 e. The van der Waals surface area contributed by atoms with Crippen molar-refractivity contribution in [3.05, 3.63) is 32.1 Å². The number of halogens is 1. The molecule has 0 aliphatic carbocycles. The standard InChI is InChI=1S/C11H9IN2O4/c1-18-7-4-5(2-3-6(7)15)9-13-10(16)8(12)11(17)14-9/h2-4,15H,1H3,(H2,13,14,16,17). The predicted octanol–water partition coefficient (Wildman–Crippen LogP) is 1.46. The van der Waals surface area contributed by atoms with E-state index in [-0.39, 0.29) is 26.8 Å². The minimum atomic E-state index is -0.426. The molecule has 0 amide bonds. The fraction of sp³-hybridized carbons (Fsp3) is 0.0909. The summed E-state index contributed by atoms with van der Waals surface area (Å²) in [7, 11) is 1.42. The summed E-state index contributed by atoms with van der Waals surface area (Å²) in [5, 5.41) is 19.0. The average Bonchev–Trinajstić information content (AvgIpc) is 2.36. The molecule has 7 heteroatoms. The van der Waals surface area contributed by atoms with E-state index in [2.05, 4.69) is 9.97 Å². The highest BCUT2D eigenvalue weighted by Gasteiger charge is 2.11. The molecule has 0 spiro atoms. The Bertz CT molecular complexity index is 654. The molecule has 0 aliphatic rings. The second-order valence-corrected chi connectivity index (χ2v) is 4.52. The fourth-order valence-corrected chi connectivity index (χ4v) is 1.66. The Morgan fingerprint density at radius 1 is 1.39 bits per heavy atom. The number of aromatic nitrogens is 2. The molecule has 0 saturated carbocycles. The van der Waals surface area contributed by atoms with E-state index in [9.17, 15) is 15.0 Å². The summed E-state index contributed by atoms with van der Waals surface area (Å²) in [6.07, 6.45) is 0. The van der Waals surface area contributed by atoms with Gasteiger partial charge in [-0.05, 0) is 40.8 Å². The largest absolute Gasteiger partial charge is 0.504 e. The highest BCUT2D eigenvalue weighted by molar-refractivity contribution is 14.1. The zero-order valence-electron chi connectivity index (χ0n) is 9.27. The Hall–Kier alpha value is -1.77. The van der Waals surface area contributed by atoms with Gasteiger partial charge < -0.3 is 19.9 Å². The number of phenols is 1. The molecule has 3 N–H and O–H groups in total. The first kappa shape index (κ1) is 12.7. The van der Waals surface area contributed by atoms with Crippen molar-refractivity contribution in [1.82, 2.24) is 9.97 Å². The van der Waals surface area contributed by atoms with Gasteiger partial charge in [-0.25, -0.2) is 0 Å². The van der Waals surface area contributed by atoms with Crippen LogP contribution in [0.2, 0.25) is 0 Å². The quantitative estimate of drug-likeness (QED) is 0.705. The Morgan fingerprint density at radius 3 is 2.72 bits per heavy atom. The Morgan fingerprint density at radius 2 is 2.11 bits per heavy atom. The molecule has 1 aromatic carbocycles. The number of rotatable bonds is 2. The van der Waals surface area contributed by atoms with Crippen molar-refractivity contribution < 1.29 is 14.9 Å². The third-order valence-corrected chi connectivity index (χ3v) is 3.27. The van der Waals surface area contributed by atoms with Gasteiger partial charge in [0.15, 0.2) is 11.5 Å². The highest BCUT2D eigenvalue weighted by Crippen LogP contribution is 2.30. The lowest BCUT2D eigenvalue weighted by Crippen LogP contribution is -2.12. The van der Waals surface area contributed by atoms with E-state index in [1.165, 1.54) is 19.2 Å². The maximum atomic E-state index is 11.5. The van der Waals surface area contributed by atoms with Crippen molar-refractivity contribution in [1.29, 1.82) is 0 Å². The van der Waals surface area contributed by atoms with Crippen LogP contribution in [0.4, 0.5) is 0 Å². The molecule has 18 heavy (non-hydrogen) atoms. The summed E-state index contributed by atoms with van der Waals surface area (Å²) in [6, 6.07) is 4.49. The first-order chi connectivity index (χ1) is 8.52. The Balaban J connectivity index is 2.59. The van der Waals surface area contributed by atoms with E-state index >= 15 is 0 Å². The van der Waals surface area contributed by atoms with Crippen LogP contribution in [0, 0.1) is 3.57 Å². The van der Waals surface area contributed by atoms with Crippen LogP contribution in [0.3, 0.4) is 0 Å². The average molecular weight is 360 g/mol. The van der Waals surface area contributed by atoms with E-state index in [1.807, 2.05) is 0 Å². The lowest BCUT2D eigenvalue weighted by Gasteiger charge is -2.06. The number of phenolic OH excluding ortho intramolecular Hbond substituents is 1. The molecule has 0 unspecified atom stereocenters. The van der Waals surface area contributed by atoms with Crippen molar-refractivity contribution in [3.8, 4) is 28.8 Å². The van der Waals surface area contributed by atoms with Gasteiger partial charge in [0.05, 0.1) is 7.11 Å². The molecule has 94 valence electrons. The van der Waals surface area contributed by atoms with Crippen LogP contribution in [0.1, 0.15) is 0 Å². The molecule has 0 fully saturated rings. The second-order valence-electron chi connectivity index (χ2n) is 3.44. The number of H-pyrrole nitrogens is 1. The van der Waals surface area contributed by atoms with Gasteiger partial charge in [-0.1, -0.05) is 0 Å². The molecular formula is C11H9IN2O4. The number of benzene rings is 1. The summed E-state index contributed by atoms with van der Waals surface area (Å²) >= 11 is 1.70. The van der Waals surface area contributed by atoms with E-state index in [1.54, 1.807) is 28.7 Å². The Labute approximate surface area is 115 Å². The van der Waals surface area contributed by atoms with Crippen molar-refractivity contribution in [3.63, 3.8) is 0 Å². The van der Waals surface area contributed by atoms with Gasteiger partial charge in [-0.3, -0.25) is 4.79 Å². The van der Waals surface area contributed by atoms with Crippen LogP contribution in [-0.4, -0.2) is 27.3 Å². The van der Waals surface area contributed by atoms with Crippen molar-refractivity contribution in [2.45, 2.75) is 0 Å². The van der Waals surface area contributed by atoms with Gasteiger partial charge in [-0.2, -0.15) is 4.98 Å². The second kappa shape index (κ2) is 4.84. The lowest BCUT2D eigenvalue weighted by atomic mass is 10.2. The van der Waals surface area contributed by atoms with Gasteiger partial charge in [0.1, 0.15) is 9.39 Å². The molecule has 2 rings (SSSR count). The summed E-state index contributed by atoms with van der Waals surface area (Å²) in [5.74, 6) is 0.115. The topological polar surface area (TPSA) is 95.4 Å². The van der Waals surface area contributed by atoms with Gasteiger partial charge in [-0.15, -0.1) is 0 Å². The zero-order chi connectivity index (χ0) is 13.3. The van der Waals surface area contributed by atoms with Gasteiger partial charge in [0.2, 0.25) is 5.88 Å². The Kier molecular flexibility index (Phi) is 3.41. The van der Waals surface area contributed by atoms with Crippen molar-refractivity contribution >= 4 is 22.6 Å². The summed E-state index contributed by atoms with van der Waals surface area (Å²) in [5.41, 5.74) is 0.0959. The number of aromatic amines is 1. The van der Waals surface area contributed by atoms with Gasteiger partial charge in [0, 0.05) is 5.56 Å². The SMILES string of the molecule is COc1cc(-c2nc(O)c(I)c(=O)[nH]2)ccc1O. The van der Waals surface area contributed by atoms with E-state index in [0.29, 0.717) is 5.56 Å². The zero-order valence-corrected chi connectivity index (χ0v) is 11.4. The summed E-state index contributed by atoms with van der Waals surface area (Å²) in [4.78, 5) is 17.9. The summed E-state index contributed by atoms with van der Waals surface area (Å²) < 4.78 is 5.08. The number of nitrogens with one attached hydrogen (secondary N) is 1. The van der Waals surface area contributed by atoms with Gasteiger partial charge in [0.25, 0.3) is 5.56 Å². The molecule has 6 nitrogen and oxygen atoms in total. The molecule has 0 radical (unpaired) electrons. The molecule has 2 aromatic rings. The van der Waals surface area contributed by atoms with E-state index in [0.717, 1.165) is 0 Å². The van der Waals surface area contributed by atoms with E-state index < -0.39 is 5.56 Å². The number of ether oxygens (including phenoxy) is 1. The molecule has 0 aliphatic heterocycles. The maximum Gasteiger partial charge on any atom is 0.268 e. The summed E-state index contributed by atoms with van der Waals surface area (Å²) in [6.45, 7) is 0. The van der Waals surface area contributed by atoms with Crippen molar-refractivity contribution in [2.75, 3.05) is 7.11 Å². The molecule has 0 bridgehead atoms. The fourth-order valence-electron chi connectivity index (χ4n) is 1.41. The molecule has 1 heterocycles. The van der Waals surface area contributed by atoms with Gasteiger partial charge >= 0.3 is 0 Å². The number of hydrogen-bond donors (Lipinski definition) is 3. The van der Waals surface area contributed by atoms with Crippen LogP contribution in [0.25, 0.3) is 11.4 Å². The number of methoxy groups -OCH3 is 1. The minimum absolute atomic E-state index is 0.0154. The molecule has 0 atom stereocenters. The third-order valence-electron chi connectivity index (χ3n) is 2.30. The van der Waals surface area contributed by atoms with Crippen LogP contribution in [0.5, 0.6) is 17.4 Å². The number of hydrogen-bond acceptors (Lipinski definition) is 5.